The third kappa shape index (κ3) is 4.47. The number of nitro groups is 1. The Morgan fingerprint density at radius 2 is 1.78 bits per heavy atom. The molecule has 2 rings (SSSR count). The Balaban J connectivity index is 2.20. The van der Waals surface area contributed by atoms with E-state index in [1.807, 2.05) is 0 Å². The first-order valence-corrected chi connectivity index (χ1v) is 8.57. The van der Waals surface area contributed by atoms with Crippen molar-refractivity contribution < 1.29 is 18.1 Å². The topological polar surface area (TPSA) is 122 Å². The van der Waals surface area contributed by atoms with Gasteiger partial charge in [0.15, 0.2) is 0 Å². The standard InChI is InChI=1S/C13H18N4O5S/c18-13-5-9-16(10-8-14-6-7-15-13)23(21,22)12-3-1-11(2-4-12)17(19)20/h1-4,14H,5-10H2,(H,15,18). The zero-order chi connectivity index (χ0) is 16.9. The summed E-state index contributed by atoms with van der Waals surface area (Å²) in [5.74, 6) is -0.211. The average Bonchev–Trinajstić information content (AvgIpc) is 2.53. The summed E-state index contributed by atoms with van der Waals surface area (Å²) in [7, 11) is -3.80. The van der Waals surface area contributed by atoms with Gasteiger partial charge in [-0.3, -0.25) is 14.9 Å². The smallest absolute Gasteiger partial charge is 0.269 e. The Hall–Kier alpha value is -2.04. The molecule has 1 saturated heterocycles. The highest BCUT2D eigenvalue weighted by molar-refractivity contribution is 7.89. The molecule has 10 heteroatoms. The number of nitro benzene ring substituents is 1. The lowest BCUT2D eigenvalue weighted by atomic mass is 10.3. The molecule has 1 amide bonds. The summed E-state index contributed by atoms with van der Waals surface area (Å²) in [5, 5.41) is 16.4. The fourth-order valence-corrected chi connectivity index (χ4v) is 3.62. The van der Waals surface area contributed by atoms with Gasteiger partial charge in [-0.25, -0.2) is 8.42 Å². The number of non-ortho nitro benzene ring substituents is 1. The second-order valence-electron chi connectivity index (χ2n) is 5.01. The van der Waals surface area contributed by atoms with Crippen molar-refractivity contribution in [2.24, 2.45) is 0 Å². The van der Waals surface area contributed by atoms with Gasteiger partial charge in [-0.1, -0.05) is 0 Å². The third-order valence-electron chi connectivity index (χ3n) is 3.44. The Bertz CT molecular complexity index is 674. The number of carbonyl (C=O) groups is 1. The van der Waals surface area contributed by atoms with Crippen LogP contribution in [0.3, 0.4) is 0 Å². The van der Waals surface area contributed by atoms with Crippen LogP contribution in [0.15, 0.2) is 29.2 Å². The minimum Gasteiger partial charge on any atom is -0.355 e. The lowest BCUT2D eigenvalue weighted by Crippen LogP contribution is -2.43. The van der Waals surface area contributed by atoms with E-state index in [1.54, 1.807) is 0 Å². The molecule has 23 heavy (non-hydrogen) atoms. The molecule has 1 aromatic rings. The number of nitrogens with zero attached hydrogens (tertiary/aromatic N) is 2. The van der Waals surface area contributed by atoms with Crippen LogP contribution in [0.25, 0.3) is 0 Å². The monoisotopic (exact) mass is 342 g/mol. The van der Waals surface area contributed by atoms with Crippen molar-refractivity contribution in [3.63, 3.8) is 0 Å². The van der Waals surface area contributed by atoms with Crippen molar-refractivity contribution in [3.8, 4) is 0 Å². The Kier molecular flexibility index (Phi) is 5.64. The van der Waals surface area contributed by atoms with Crippen molar-refractivity contribution in [1.82, 2.24) is 14.9 Å². The number of amides is 1. The van der Waals surface area contributed by atoms with E-state index >= 15 is 0 Å². The van der Waals surface area contributed by atoms with Crippen molar-refractivity contribution in [3.05, 3.63) is 34.4 Å². The predicted molar refractivity (Wildman–Crippen MR) is 82.4 cm³/mol. The molecule has 9 nitrogen and oxygen atoms in total. The zero-order valence-electron chi connectivity index (χ0n) is 12.4. The van der Waals surface area contributed by atoms with Crippen LogP contribution in [-0.4, -0.2) is 56.3 Å². The highest BCUT2D eigenvalue weighted by atomic mass is 32.2. The van der Waals surface area contributed by atoms with Gasteiger partial charge in [0.25, 0.3) is 5.69 Å². The van der Waals surface area contributed by atoms with E-state index in [-0.39, 0.29) is 36.0 Å². The highest BCUT2D eigenvalue weighted by Crippen LogP contribution is 2.19. The number of carbonyl (C=O) groups excluding carboxylic acids is 1. The number of benzene rings is 1. The maximum Gasteiger partial charge on any atom is 0.269 e. The summed E-state index contributed by atoms with van der Waals surface area (Å²) in [6, 6.07) is 4.72. The molecule has 0 aromatic heterocycles. The van der Waals surface area contributed by atoms with Gasteiger partial charge in [0.1, 0.15) is 0 Å². The lowest BCUT2D eigenvalue weighted by molar-refractivity contribution is -0.384. The van der Waals surface area contributed by atoms with Crippen LogP contribution in [-0.2, 0) is 14.8 Å². The Morgan fingerprint density at radius 1 is 1.09 bits per heavy atom. The van der Waals surface area contributed by atoms with E-state index in [4.69, 9.17) is 0 Å². The third-order valence-corrected chi connectivity index (χ3v) is 5.35. The van der Waals surface area contributed by atoms with Crippen molar-refractivity contribution in [2.75, 3.05) is 32.7 Å². The normalized spacial score (nSPS) is 18.2. The van der Waals surface area contributed by atoms with Gasteiger partial charge >= 0.3 is 0 Å². The summed E-state index contributed by atoms with van der Waals surface area (Å²) in [5.41, 5.74) is -0.175. The SMILES string of the molecule is O=C1CCN(S(=O)(=O)c2ccc([N+](=O)[O-])cc2)CCNCCN1. The van der Waals surface area contributed by atoms with Gasteiger partial charge < -0.3 is 10.6 Å². The van der Waals surface area contributed by atoms with E-state index in [2.05, 4.69) is 10.6 Å². The van der Waals surface area contributed by atoms with Gasteiger partial charge in [0.2, 0.25) is 15.9 Å². The van der Waals surface area contributed by atoms with Crippen LogP contribution >= 0.6 is 0 Å². The zero-order valence-corrected chi connectivity index (χ0v) is 13.2. The van der Waals surface area contributed by atoms with Crippen molar-refractivity contribution in [1.29, 1.82) is 0 Å². The van der Waals surface area contributed by atoms with Crippen LogP contribution < -0.4 is 10.6 Å². The highest BCUT2D eigenvalue weighted by Gasteiger charge is 2.25. The maximum absolute atomic E-state index is 12.6. The van der Waals surface area contributed by atoms with Crippen LogP contribution in [0.5, 0.6) is 0 Å². The minimum atomic E-state index is -3.80. The van der Waals surface area contributed by atoms with Crippen molar-refractivity contribution >= 4 is 21.6 Å². The summed E-state index contributed by atoms with van der Waals surface area (Å²) >= 11 is 0. The molecular formula is C13H18N4O5S. The van der Waals surface area contributed by atoms with Crippen LogP contribution in [0.2, 0.25) is 0 Å². The molecule has 1 aliphatic heterocycles. The van der Waals surface area contributed by atoms with Crippen LogP contribution in [0.1, 0.15) is 6.42 Å². The van der Waals surface area contributed by atoms with Crippen molar-refractivity contribution in [2.45, 2.75) is 11.3 Å². The first-order valence-electron chi connectivity index (χ1n) is 7.13. The van der Waals surface area contributed by atoms with Gasteiger partial charge in [0, 0.05) is 51.3 Å². The Morgan fingerprint density at radius 3 is 2.43 bits per heavy atom. The first kappa shape index (κ1) is 17.3. The number of sulfonamides is 1. The second kappa shape index (κ2) is 7.49. The number of hydrogen-bond acceptors (Lipinski definition) is 6. The summed E-state index contributed by atoms with van der Waals surface area (Å²) in [6.07, 6.45) is 0.0756. The maximum atomic E-state index is 12.6. The average molecular weight is 342 g/mol. The molecule has 0 bridgehead atoms. The molecule has 0 unspecified atom stereocenters. The molecule has 1 heterocycles. The largest absolute Gasteiger partial charge is 0.355 e. The van der Waals surface area contributed by atoms with E-state index in [0.717, 1.165) is 12.1 Å². The van der Waals surface area contributed by atoms with E-state index in [1.165, 1.54) is 16.4 Å². The first-order chi connectivity index (χ1) is 10.9. The molecule has 0 aliphatic carbocycles. The molecule has 0 saturated carbocycles. The fraction of sp³-hybridized carbons (Fsp3) is 0.462. The second-order valence-corrected chi connectivity index (χ2v) is 6.94. The molecule has 0 spiro atoms. The van der Waals surface area contributed by atoms with Gasteiger partial charge in [-0.15, -0.1) is 0 Å². The molecule has 0 radical (unpaired) electrons. The quantitative estimate of drug-likeness (QED) is 0.574. The van der Waals surface area contributed by atoms with Gasteiger partial charge in [-0.2, -0.15) is 4.31 Å². The molecule has 1 aromatic carbocycles. The molecule has 126 valence electrons. The summed E-state index contributed by atoms with van der Waals surface area (Å²) in [6.45, 7) is 1.83. The Labute approximate surface area is 133 Å². The number of rotatable bonds is 3. The van der Waals surface area contributed by atoms with E-state index in [9.17, 15) is 23.3 Å². The molecule has 0 atom stereocenters. The molecular weight excluding hydrogens is 324 g/mol. The van der Waals surface area contributed by atoms with Gasteiger partial charge in [0.05, 0.1) is 9.82 Å². The van der Waals surface area contributed by atoms with Crippen LogP contribution in [0.4, 0.5) is 5.69 Å². The fourth-order valence-electron chi connectivity index (χ4n) is 2.17. The number of nitrogens with one attached hydrogen (secondary N) is 2. The minimum absolute atomic E-state index is 0.0273. The summed E-state index contributed by atoms with van der Waals surface area (Å²) < 4.78 is 26.5. The van der Waals surface area contributed by atoms with Crippen LogP contribution in [0, 0.1) is 10.1 Å². The predicted octanol–water partition coefficient (Wildman–Crippen LogP) is -0.305. The molecule has 1 aliphatic rings. The van der Waals surface area contributed by atoms with E-state index in [0.29, 0.717) is 19.6 Å². The van der Waals surface area contributed by atoms with Gasteiger partial charge in [-0.05, 0) is 12.1 Å². The van der Waals surface area contributed by atoms with E-state index < -0.39 is 14.9 Å². The molecule has 2 N–H and O–H groups in total. The lowest BCUT2D eigenvalue weighted by Gasteiger charge is -2.23. The summed E-state index contributed by atoms with van der Waals surface area (Å²) in [4.78, 5) is 21.6. The molecule has 1 fully saturated rings. The number of hydrogen-bond donors (Lipinski definition) is 2.